The summed E-state index contributed by atoms with van der Waals surface area (Å²) in [6.07, 6.45) is 1.84. The highest BCUT2D eigenvalue weighted by atomic mass is 16.5. The predicted octanol–water partition coefficient (Wildman–Crippen LogP) is 5.76. The van der Waals surface area contributed by atoms with E-state index in [9.17, 15) is 9.59 Å². The van der Waals surface area contributed by atoms with Crippen molar-refractivity contribution in [1.29, 1.82) is 0 Å². The minimum Gasteiger partial charge on any atom is -0.461 e. The molecular weight excluding hydrogens is 474 g/mol. The highest BCUT2D eigenvalue weighted by Crippen LogP contribution is 2.14. The fourth-order valence-corrected chi connectivity index (χ4v) is 4.21. The van der Waals surface area contributed by atoms with Crippen molar-refractivity contribution in [2.75, 3.05) is 0 Å². The Hall–Kier alpha value is -4.22. The summed E-state index contributed by atoms with van der Waals surface area (Å²) in [6.45, 7) is 0.319. The first kappa shape index (κ1) is 26.8. The van der Waals surface area contributed by atoms with Crippen LogP contribution in [0.3, 0.4) is 0 Å². The third kappa shape index (κ3) is 8.71. The van der Waals surface area contributed by atoms with Crippen LogP contribution in [-0.4, -0.2) is 18.0 Å². The lowest BCUT2D eigenvalue weighted by Gasteiger charge is -2.12. The topological polar surface area (TPSA) is 78.6 Å². The van der Waals surface area contributed by atoms with Gasteiger partial charge in [-0.25, -0.2) is 0 Å². The van der Waals surface area contributed by atoms with E-state index in [-0.39, 0.29) is 26.1 Å². The lowest BCUT2D eigenvalue weighted by molar-refractivity contribution is -0.148. The summed E-state index contributed by atoms with van der Waals surface area (Å²) in [5.41, 5.74) is 12.5. The lowest BCUT2D eigenvalue weighted by atomic mass is 10.0. The van der Waals surface area contributed by atoms with E-state index < -0.39 is 18.0 Å². The van der Waals surface area contributed by atoms with Crippen molar-refractivity contribution in [3.8, 4) is 0 Å². The number of esters is 2. The summed E-state index contributed by atoms with van der Waals surface area (Å²) in [6, 6.07) is 35.5. The van der Waals surface area contributed by atoms with Gasteiger partial charge in [0.2, 0.25) is 0 Å². The Kier molecular flexibility index (Phi) is 9.82. The van der Waals surface area contributed by atoms with E-state index in [0.717, 1.165) is 35.1 Å². The zero-order valence-corrected chi connectivity index (χ0v) is 21.4. The van der Waals surface area contributed by atoms with Gasteiger partial charge in [-0.05, 0) is 52.6 Å². The molecule has 0 amide bonds. The Morgan fingerprint density at radius 1 is 0.579 bits per heavy atom. The molecule has 4 aromatic carbocycles. The van der Waals surface area contributed by atoms with Gasteiger partial charge >= 0.3 is 11.9 Å². The number of carbonyl (C=O) groups excluding carboxylic acids is 2. The number of ether oxygens (including phenoxy) is 2. The van der Waals surface area contributed by atoms with Crippen molar-refractivity contribution in [1.82, 2.24) is 0 Å². The van der Waals surface area contributed by atoms with Crippen LogP contribution in [0.15, 0.2) is 109 Å². The van der Waals surface area contributed by atoms with Gasteiger partial charge in [-0.15, -0.1) is 0 Å². The summed E-state index contributed by atoms with van der Waals surface area (Å²) in [5.74, 6) is -0.921. The van der Waals surface area contributed by atoms with Crippen LogP contribution in [0.25, 0.3) is 0 Å². The summed E-state index contributed by atoms with van der Waals surface area (Å²) in [4.78, 5) is 24.6. The first-order valence-electron chi connectivity index (χ1n) is 12.9. The summed E-state index contributed by atoms with van der Waals surface area (Å²) >= 11 is 0. The maximum Gasteiger partial charge on any atom is 0.323 e. The van der Waals surface area contributed by atoms with Crippen LogP contribution in [0.4, 0.5) is 0 Å². The van der Waals surface area contributed by atoms with Crippen LogP contribution >= 0.6 is 0 Å². The van der Waals surface area contributed by atoms with Crippen LogP contribution < -0.4 is 5.73 Å². The monoisotopic (exact) mass is 507 g/mol. The molecule has 0 heterocycles. The fourth-order valence-electron chi connectivity index (χ4n) is 4.21. The van der Waals surface area contributed by atoms with Crippen molar-refractivity contribution in [3.05, 3.63) is 143 Å². The molecule has 0 aliphatic carbocycles. The Balaban J connectivity index is 1.17. The Morgan fingerprint density at radius 2 is 1.03 bits per heavy atom. The van der Waals surface area contributed by atoms with Gasteiger partial charge in [0, 0.05) is 6.42 Å². The fraction of sp³-hybridized carbons (Fsp3) is 0.212. The Morgan fingerprint density at radius 3 is 1.55 bits per heavy atom. The van der Waals surface area contributed by atoms with Crippen LogP contribution in [0.2, 0.25) is 0 Å². The summed E-state index contributed by atoms with van der Waals surface area (Å²) in [7, 11) is 0. The SMILES string of the molecule is N[C@@H](CCC(=O)OCc1cccc(Cc2ccccc2)c1)C(=O)OCc1cccc(Cc2ccccc2)c1. The molecular formula is C33H33NO4. The zero-order valence-electron chi connectivity index (χ0n) is 21.4. The van der Waals surface area contributed by atoms with Crippen molar-refractivity contribution >= 4 is 11.9 Å². The normalized spacial score (nSPS) is 11.5. The molecule has 1 atom stereocenters. The van der Waals surface area contributed by atoms with E-state index in [4.69, 9.17) is 15.2 Å². The zero-order chi connectivity index (χ0) is 26.6. The quantitative estimate of drug-likeness (QED) is 0.247. The molecule has 0 saturated heterocycles. The Labute approximate surface area is 224 Å². The smallest absolute Gasteiger partial charge is 0.323 e. The van der Waals surface area contributed by atoms with E-state index in [0.29, 0.717) is 0 Å². The molecule has 4 aromatic rings. The molecule has 4 rings (SSSR count). The number of carbonyl (C=O) groups is 2. The van der Waals surface area contributed by atoms with Gasteiger partial charge in [0.1, 0.15) is 19.3 Å². The largest absolute Gasteiger partial charge is 0.461 e. The second-order valence-corrected chi connectivity index (χ2v) is 9.38. The van der Waals surface area contributed by atoms with Gasteiger partial charge in [-0.3, -0.25) is 9.59 Å². The molecule has 0 spiro atoms. The van der Waals surface area contributed by atoms with E-state index in [1.165, 1.54) is 11.1 Å². The lowest BCUT2D eigenvalue weighted by Crippen LogP contribution is -2.32. The minimum absolute atomic E-state index is 0.0481. The first-order chi connectivity index (χ1) is 18.5. The molecule has 0 bridgehead atoms. The van der Waals surface area contributed by atoms with E-state index >= 15 is 0 Å². The standard InChI is InChI=1S/C33H33NO4/c34-31(33(36)38-24-30-16-8-14-28(22-30)20-26-11-5-2-6-12-26)17-18-32(35)37-23-29-15-7-13-27(21-29)19-25-9-3-1-4-10-25/h1-16,21-22,31H,17-20,23-24,34H2/t31-/m0/s1. The third-order valence-electron chi connectivity index (χ3n) is 6.23. The summed E-state index contributed by atoms with van der Waals surface area (Å²) < 4.78 is 10.8. The molecule has 0 aromatic heterocycles. The van der Waals surface area contributed by atoms with Crippen LogP contribution in [0.5, 0.6) is 0 Å². The van der Waals surface area contributed by atoms with E-state index in [1.54, 1.807) is 0 Å². The second-order valence-electron chi connectivity index (χ2n) is 9.38. The number of nitrogens with two attached hydrogens (primary N) is 1. The van der Waals surface area contributed by atoms with Crippen molar-refractivity contribution in [3.63, 3.8) is 0 Å². The Bertz CT molecular complexity index is 1320. The number of hydrogen-bond donors (Lipinski definition) is 1. The summed E-state index contributed by atoms with van der Waals surface area (Å²) in [5, 5.41) is 0. The molecule has 5 heteroatoms. The molecule has 0 aliphatic heterocycles. The van der Waals surface area contributed by atoms with Crippen LogP contribution in [-0.2, 0) is 45.1 Å². The van der Waals surface area contributed by atoms with Gasteiger partial charge < -0.3 is 15.2 Å². The van der Waals surface area contributed by atoms with Crippen molar-refractivity contribution in [2.24, 2.45) is 5.73 Å². The van der Waals surface area contributed by atoms with Crippen molar-refractivity contribution < 1.29 is 19.1 Å². The molecule has 0 aliphatic rings. The molecule has 0 fully saturated rings. The van der Waals surface area contributed by atoms with Gasteiger partial charge in [0.05, 0.1) is 0 Å². The molecule has 2 N–H and O–H groups in total. The number of rotatable bonds is 12. The highest BCUT2D eigenvalue weighted by molar-refractivity contribution is 5.77. The number of benzene rings is 4. The van der Waals surface area contributed by atoms with Crippen LogP contribution in [0, 0.1) is 0 Å². The maximum absolute atomic E-state index is 12.4. The van der Waals surface area contributed by atoms with Gasteiger partial charge in [0.15, 0.2) is 0 Å². The molecule has 0 saturated carbocycles. The van der Waals surface area contributed by atoms with Gasteiger partial charge in [-0.2, -0.15) is 0 Å². The predicted molar refractivity (Wildman–Crippen MR) is 148 cm³/mol. The third-order valence-corrected chi connectivity index (χ3v) is 6.23. The average molecular weight is 508 g/mol. The van der Waals surface area contributed by atoms with Gasteiger partial charge in [-0.1, -0.05) is 109 Å². The van der Waals surface area contributed by atoms with Crippen molar-refractivity contribution in [2.45, 2.75) is 44.9 Å². The molecule has 0 unspecified atom stereocenters. The van der Waals surface area contributed by atoms with Gasteiger partial charge in [0.25, 0.3) is 0 Å². The molecule has 5 nitrogen and oxygen atoms in total. The van der Waals surface area contributed by atoms with E-state index in [2.05, 4.69) is 36.4 Å². The van der Waals surface area contributed by atoms with E-state index in [1.807, 2.05) is 72.8 Å². The van der Waals surface area contributed by atoms with Crippen LogP contribution in [0.1, 0.15) is 46.2 Å². The second kappa shape index (κ2) is 13.9. The first-order valence-corrected chi connectivity index (χ1v) is 12.9. The molecule has 0 radical (unpaired) electrons. The highest BCUT2D eigenvalue weighted by Gasteiger charge is 2.17. The maximum atomic E-state index is 12.4. The molecule has 38 heavy (non-hydrogen) atoms. The molecule has 194 valence electrons. The number of hydrogen-bond acceptors (Lipinski definition) is 5. The minimum atomic E-state index is -0.885. The average Bonchev–Trinajstić information content (AvgIpc) is 2.95.